The van der Waals surface area contributed by atoms with E-state index < -0.39 is 23.7 Å². The molecule has 1 aliphatic rings. The molecule has 1 aliphatic heterocycles. The predicted molar refractivity (Wildman–Crippen MR) is 136 cm³/mol. The first-order chi connectivity index (χ1) is 17.4. The standard InChI is InChI=1S/C26H23FN4O4S/c1-2-35-25(34)18-5-11-21(12-6-18)31-24(33)22(14-23(32)29-20-9-7-19(27)8-10-20)30(26(31)36)16-17-4-3-13-28-15-17/h3-13,15,22H,2,14,16H2,1H3,(H,29,32). The van der Waals surface area contributed by atoms with Crippen LogP contribution in [0.4, 0.5) is 15.8 Å². The van der Waals surface area contributed by atoms with Crippen LogP contribution >= 0.6 is 12.2 Å². The Hall–Kier alpha value is -4.18. The third-order valence-electron chi connectivity index (χ3n) is 5.54. The molecule has 1 unspecified atom stereocenters. The Bertz CT molecular complexity index is 1270. The molecule has 2 aromatic carbocycles. The number of nitrogens with one attached hydrogen (secondary N) is 1. The molecule has 2 amide bonds. The number of aromatic nitrogens is 1. The van der Waals surface area contributed by atoms with Gasteiger partial charge in [-0.1, -0.05) is 6.07 Å². The number of pyridine rings is 1. The zero-order chi connectivity index (χ0) is 25.7. The summed E-state index contributed by atoms with van der Waals surface area (Å²) < 4.78 is 18.2. The zero-order valence-corrected chi connectivity index (χ0v) is 20.2. The second-order valence-electron chi connectivity index (χ2n) is 7.99. The van der Waals surface area contributed by atoms with E-state index in [-0.39, 0.29) is 30.6 Å². The van der Waals surface area contributed by atoms with Crippen molar-refractivity contribution in [2.45, 2.75) is 25.9 Å². The van der Waals surface area contributed by atoms with Crippen molar-refractivity contribution in [3.8, 4) is 0 Å². The molecule has 0 bridgehead atoms. The first-order valence-electron chi connectivity index (χ1n) is 11.2. The van der Waals surface area contributed by atoms with E-state index in [0.29, 0.717) is 16.9 Å². The van der Waals surface area contributed by atoms with Gasteiger partial charge in [-0.3, -0.25) is 19.5 Å². The Morgan fingerprint density at radius 1 is 1.11 bits per heavy atom. The molecule has 0 aliphatic carbocycles. The van der Waals surface area contributed by atoms with Gasteiger partial charge in [-0.25, -0.2) is 9.18 Å². The van der Waals surface area contributed by atoms with Crippen molar-refractivity contribution >= 4 is 46.5 Å². The van der Waals surface area contributed by atoms with E-state index in [1.165, 1.54) is 29.2 Å². The molecule has 1 N–H and O–H groups in total. The predicted octanol–water partition coefficient (Wildman–Crippen LogP) is 3.93. The third-order valence-corrected chi connectivity index (χ3v) is 5.95. The summed E-state index contributed by atoms with van der Waals surface area (Å²) in [6.07, 6.45) is 3.13. The van der Waals surface area contributed by atoms with Crippen LogP contribution in [0.2, 0.25) is 0 Å². The average molecular weight is 507 g/mol. The van der Waals surface area contributed by atoms with Crippen LogP contribution in [0.25, 0.3) is 0 Å². The molecule has 2 heterocycles. The van der Waals surface area contributed by atoms with Crippen molar-refractivity contribution in [2.24, 2.45) is 0 Å². The van der Waals surface area contributed by atoms with Crippen LogP contribution in [-0.2, 0) is 20.9 Å². The Balaban J connectivity index is 1.58. The minimum atomic E-state index is -0.872. The van der Waals surface area contributed by atoms with Gasteiger partial charge in [-0.15, -0.1) is 0 Å². The number of nitrogens with zero attached hydrogens (tertiary/aromatic N) is 3. The second kappa shape index (κ2) is 11.0. The number of esters is 1. The van der Waals surface area contributed by atoms with Crippen LogP contribution in [0.3, 0.4) is 0 Å². The number of anilines is 2. The van der Waals surface area contributed by atoms with Gasteiger partial charge in [0.05, 0.1) is 24.3 Å². The molecular formula is C26H23FN4O4S. The highest BCUT2D eigenvalue weighted by Crippen LogP contribution is 2.29. The van der Waals surface area contributed by atoms with E-state index in [1.807, 2.05) is 6.07 Å². The van der Waals surface area contributed by atoms with Crippen molar-refractivity contribution in [3.63, 3.8) is 0 Å². The number of hydrogen-bond acceptors (Lipinski definition) is 6. The molecule has 1 atom stereocenters. The maximum Gasteiger partial charge on any atom is 0.338 e. The van der Waals surface area contributed by atoms with Gasteiger partial charge in [-0.2, -0.15) is 0 Å². The number of hydrogen-bond donors (Lipinski definition) is 1. The van der Waals surface area contributed by atoms with Crippen LogP contribution in [0, 0.1) is 5.82 Å². The number of carbonyl (C=O) groups excluding carboxylic acids is 3. The van der Waals surface area contributed by atoms with Crippen LogP contribution in [0.15, 0.2) is 73.1 Å². The molecule has 3 aromatic rings. The lowest BCUT2D eigenvalue weighted by Crippen LogP contribution is -2.37. The van der Waals surface area contributed by atoms with E-state index in [2.05, 4.69) is 10.3 Å². The number of benzene rings is 2. The Kier molecular flexibility index (Phi) is 7.65. The molecule has 4 rings (SSSR count). The van der Waals surface area contributed by atoms with Crippen molar-refractivity contribution < 1.29 is 23.5 Å². The second-order valence-corrected chi connectivity index (χ2v) is 8.35. The largest absolute Gasteiger partial charge is 0.462 e. The molecule has 1 aromatic heterocycles. The molecule has 0 radical (unpaired) electrons. The van der Waals surface area contributed by atoms with Gasteiger partial charge in [0.15, 0.2) is 5.11 Å². The van der Waals surface area contributed by atoms with Crippen molar-refractivity contribution in [3.05, 3.63) is 90.0 Å². The molecule has 1 saturated heterocycles. The quantitative estimate of drug-likeness (QED) is 0.366. The van der Waals surface area contributed by atoms with Gasteiger partial charge in [0.25, 0.3) is 5.91 Å². The number of carbonyl (C=O) groups is 3. The summed E-state index contributed by atoms with van der Waals surface area (Å²) in [5.74, 6) is -1.68. The van der Waals surface area contributed by atoms with Gasteiger partial charge in [0, 0.05) is 24.6 Å². The molecule has 0 spiro atoms. The van der Waals surface area contributed by atoms with E-state index in [4.69, 9.17) is 17.0 Å². The lowest BCUT2D eigenvalue weighted by atomic mass is 10.1. The summed E-state index contributed by atoms with van der Waals surface area (Å²) in [6, 6.07) is 14.5. The molecule has 8 nitrogen and oxygen atoms in total. The highest BCUT2D eigenvalue weighted by atomic mass is 32.1. The maximum atomic E-state index is 13.5. The summed E-state index contributed by atoms with van der Waals surface area (Å²) in [4.78, 5) is 45.5. The summed E-state index contributed by atoms with van der Waals surface area (Å²) in [5, 5.41) is 2.92. The monoisotopic (exact) mass is 506 g/mol. The Morgan fingerprint density at radius 2 is 1.83 bits per heavy atom. The first-order valence-corrected chi connectivity index (χ1v) is 11.6. The van der Waals surface area contributed by atoms with E-state index in [9.17, 15) is 18.8 Å². The van der Waals surface area contributed by atoms with Gasteiger partial charge in [0.1, 0.15) is 11.9 Å². The fraction of sp³-hybridized carbons (Fsp3) is 0.192. The van der Waals surface area contributed by atoms with Crippen molar-refractivity contribution in [1.29, 1.82) is 0 Å². The number of amides is 2. The Morgan fingerprint density at radius 3 is 2.47 bits per heavy atom. The third kappa shape index (κ3) is 5.55. The zero-order valence-electron chi connectivity index (χ0n) is 19.4. The average Bonchev–Trinajstić information content (AvgIpc) is 3.10. The fourth-order valence-electron chi connectivity index (χ4n) is 3.82. The van der Waals surface area contributed by atoms with Crippen LogP contribution < -0.4 is 10.2 Å². The number of ether oxygens (including phenoxy) is 1. The first kappa shape index (κ1) is 24.9. The molecule has 10 heteroatoms. The lowest BCUT2D eigenvalue weighted by molar-refractivity contribution is -0.124. The van der Waals surface area contributed by atoms with E-state index >= 15 is 0 Å². The molecule has 1 fully saturated rings. The normalized spacial score (nSPS) is 15.2. The van der Waals surface area contributed by atoms with E-state index in [1.54, 1.807) is 54.5 Å². The lowest BCUT2D eigenvalue weighted by Gasteiger charge is -2.24. The minimum absolute atomic E-state index is 0.173. The summed E-state index contributed by atoms with van der Waals surface area (Å²) in [5.41, 5.74) is 2.05. The minimum Gasteiger partial charge on any atom is -0.462 e. The fourth-order valence-corrected chi connectivity index (χ4v) is 4.21. The summed E-state index contributed by atoms with van der Waals surface area (Å²) in [7, 11) is 0. The van der Waals surface area contributed by atoms with Gasteiger partial charge in [-0.05, 0) is 79.3 Å². The molecular weight excluding hydrogens is 483 g/mol. The number of thiocarbonyl (C=S) groups is 1. The number of rotatable bonds is 8. The number of halogens is 1. The summed E-state index contributed by atoms with van der Waals surface area (Å²) in [6.45, 7) is 2.24. The van der Waals surface area contributed by atoms with Gasteiger partial charge >= 0.3 is 5.97 Å². The van der Waals surface area contributed by atoms with Crippen LogP contribution in [0.1, 0.15) is 29.3 Å². The SMILES string of the molecule is CCOC(=O)c1ccc(N2C(=O)C(CC(=O)Nc3ccc(F)cc3)N(Cc3cccnc3)C2=S)cc1. The highest BCUT2D eigenvalue weighted by Gasteiger charge is 2.44. The molecule has 36 heavy (non-hydrogen) atoms. The summed E-state index contributed by atoms with van der Waals surface area (Å²) >= 11 is 5.67. The molecule has 0 saturated carbocycles. The smallest absolute Gasteiger partial charge is 0.338 e. The topological polar surface area (TPSA) is 91.8 Å². The van der Waals surface area contributed by atoms with E-state index in [0.717, 1.165) is 5.56 Å². The van der Waals surface area contributed by atoms with Crippen LogP contribution in [0.5, 0.6) is 0 Å². The van der Waals surface area contributed by atoms with Gasteiger partial charge < -0.3 is 15.0 Å². The molecule has 184 valence electrons. The van der Waals surface area contributed by atoms with Gasteiger partial charge in [0.2, 0.25) is 5.91 Å². The maximum absolute atomic E-state index is 13.5. The van der Waals surface area contributed by atoms with Crippen LogP contribution in [-0.4, -0.2) is 45.4 Å². The Labute approximate surface area is 212 Å². The van der Waals surface area contributed by atoms with Crippen molar-refractivity contribution in [2.75, 3.05) is 16.8 Å². The van der Waals surface area contributed by atoms with Crippen molar-refractivity contribution in [1.82, 2.24) is 9.88 Å². The highest BCUT2D eigenvalue weighted by molar-refractivity contribution is 7.80.